The normalized spacial score (nSPS) is 13.0. The smallest absolute Gasteiger partial charge is 0.241 e. The molecule has 0 heterocycles. The maximum Gasteiger partial charge on any atom is 0.241 e. The van der Waals surface area contributed by atoms with Crippen molar-refractivity contribution in [3.05, 3.63) is 21.1 Å². The summed E-state index contributed by atoms with van der Waals surface area (Å²) in [5, 5.41) is 2.81. The Morgan fingerprint density at radius 2 is 1.89 bits per heavy atom. The maximum absolute atomic E-state index is 12.1. The average Bonchev–Trinajstić information content (AvgIpc) is 2.30. The van der Waals surface area contributed by atoms with Crippen molar-refractivity contribution in [1.82, 2.24) is 0 Å². The van der Waals surface area contributed by atoms with Gasteiger partial charge in [-0.15, -0.1) is 0 Å². The van der Waals surface area contributed by atoms with Crippen LogP contribution in [0.15, 0.2) is 21.1 Å². The summed E-state index contributed by atoms with van der Waals surface area (Å²) in [6, 6.07) is 2.97. The van der Waals surface area contributed by atoms with Crippen molar-refractivity contribution in [2.75, 3.05) is 12.4 Å². The quantitative estimate of drug-likeness (QED) is 0.825. The summed E-state index contributed by atoms with van der Waals surface area (Å²) < 4.78 is 6.76. The van der Waals surface area contributed by atoms with Crippen molar-refractivity contribution in [1.29, 1.82) is 0 Å². The molecule has 0 fully saturated rings. The lowest BCUT2D eigenvalue weighted by atomic mass is 9.87. The van der Waals surface area contributed by atoms with Gasteiger partial charge in [-0.25, -0.2) is 0 Å². The minimum atomic E-state index is -0.589. The van der Waals surface area contributed by atoms with Crippen molar-refractivity contribution in [2.24, 2.45) is 11.1 Å². The first-order valence-electron chi connectivity index (χ1n) is 5.76. The summed E-state index contributed by atoms with van der Waals surface area (Å²) in [7, 11) is 1.57. The summed E-state index contributed by atoms with van der Waals surface area (Å²) in [4.78, 5) is 12.1. The number of nitrogens with two attached hydrogens (primary N) is 1. The van der Waals surface area contributed by atoms with Crippen LogP contribution in [0.4, 0.5) is 5.69 Å². The Morgan fingerprint density at radius 1 is 1.32 bits per heavy atom. The molecule has 0 unspecified atom stereocenters. The minimum absolute atomic E-state index is 0.224. The molecule has 3 N–H and O–H groups in total. The van der Waals surface area contributed by atoms with E-state index in [0.29, 0.717) is 11.4 Å². The molecule has 1 aromatic carbocycles. The lowest BCUT2D eigenvalue weighted by molar-refractivity contribution is -0.119. The third kappa shape index (κ3) is 4.19. The van der Waals surface area contributed by atoms with E-state index in [-0.39, 0.29) is 11.3 Å². The van der Waals surface area contributed by atoms with Gasteiger partial charge in [-0.1, -0.05) is 20.8 Å². The summed E-state index contributed by atoms with van der Waals surface area (Å²) in [6.45, 7) is 5.78. The van der Waals surface area contributed by atoms with E-state index in [1.165, 1.54) is 0 Å². The van der Waals surface area contributed by atoms with Crippen molar-refractivity contribution >= 4 is 43.5 Å². The predicted octanol–water partition coefficient (Wildman–Crippen LogP) is 3.53. The number of hydrogen-bond acceptors (Lipinski definition) is 3. The number of carbonyl (C=O) groups is 1. The van der Waals surface area contributed by atoms with E-state index >= 15 is 0 Å². The molecular weight excluding hydrogens is 376 g/mol. The molecule has 0 aliphatic heterocycles. The molecule has 0 bridgehead atoms. The second-order valence-electron chi connectivity index (χ2n) is 5.30. The van der Waals surface area contributed by atoms with E-state index in [1.807, 2.05) is 26.8 Å². The van der Waals surface area contributed by atoms with Crippen LogP contribution in [0.5, 0.6) is 5.75 Å². The van der Waals surface area contributed by atoms with Gasteiger partial charge >= 0.3 is 0 Å². The van der Waals surface area contributed by atoms with Gasteiger partial charge in [-0.05, 0) is 43.3 Å². The highest BCUT2D eigenvalue weighted by Crippen LogP contribution is 2.34. The van der Waals surface area contributed by atoms with Crippen LogP contribution in [-0.4, -0.2) is 19.1 Å². The number of amides is 1. The van der Waals surface area contributed by atoms with Crippen molar-refractivity contribution in [2.45, 2.75) is 26.8 Å². The SMILES string of the molecule is COc1cc(NC(=O)[C@@H](N)C(C)(C)C)c(Br)cc1Br. The number of carbonyl (C=O) groups excluding carboxylic acids is 1. The highest BCUT2D eigenvalue weighted by atomic mass is 79.9. The Balaban J connectivity index is 2.97. The zero-order valence-corrected chi connectivity index (χ0v) is 14.6. The number of hydrogen-bond donors (Lipinski definition) is 2. The van der Waals surface area contributed by atoms with Crippen LogP contribution in [0.25, 0.3) is 0 Å². The molecule has 106 valence electrons. The molecule has 1 amide bonds. The van der Waals surface area contributed by atoms with E-state index in [2.05, 4.69) is 37.2 Å². The fraction of sp³-hybridized carbons (Fsp3) is 0.462. The first-order valence-corrected chi connectivity index (χ1v) is 7.35. The van der Waals surface area contributed by atoms with Crippen LogP contribution in [-0.2, 0) is 4.79 Å². The van der Waals surface area contributed by atoms with Gasteiger partial charge in [0.2, 0.25) is 5.91 Å². The molecule has 0 aliphatic carbocycles. The van der Waals surface area contributed by atoms with Crippen LogP contribution in [0, 0.1) is 5.41 Å². The van der Waals surface area contributed by atoms with Crippen LogP contribution >= 0.6 is 31.9 Å². The first kappa shape index (κ1) is 16.5. The fourth-order valence-corrected chi connectivity index (χ4v) is 2.64. The number of methoxy groups -OCH3 is 1. The number of ether oxygens (including phenoxy) is 1. The van der Waals surface area contributed by atoms with Gasteiger partial charge in [0, 0.05) is 10.5 Å². The van der Waals surface area contributed by atoms with Gasteiger partial charge in [0.25, 0.3) is 0 Å². The van der Waals surface area contributed by atoms with Gasteiger partial charge < -0.3 is 15.8 Å². The molecule has 0 aromatic heterocycles. The lowest BCUT2D eigenvalue weighted by Gasteiger charge is -2.26. The van der Waals surface area contributed by atoms with Crippen LogP contribution < -0.4 is 15.8 Å². The van der Waals surface area contributed by atoms with Crippen LogP contribution in [0.2, 0.25) is 0 Å². The molecular formula is C13H18Br2N2O2. The predicted molar refractivity (Wildman–Crippen MR) is 84.5 cm³/mol. The second-order valence-corrected chi connectivity index (χ2v) is 7.01. The Morgan fingerprint density at radius 3 is 2.37 bits per heavy atom. The number of nitrogens with one attached hydrogen (secondary N) is 1. The molecule has 1 rings (SSSR count). The zero-order valence-electron chi connectivity index (χ0n) is 11.4. The van der Waals surface area contributed by atoms with E-state index in [9.17, 15) is 4.79 Å². The number of rotatable bonds is 3. The van der Waals surface area contributed by atoms with Gasteiger partial charge in [0.15, 0.2) is 0 Å². The summed E-state index contributed by atoms with van der Waals surface area (Å²) in [5.41, 5.74) is 6.26. The van der Waals surface area contributed by atoms with E-state index in [4.69, 9.17) is 10.5 Å². The van der Waals surface area contributed by atoms with Crippen molar-refractivity contribution in [3.8, 4) is 5.75 Å². The molecule has 0 saturated carbocycles. The Kier molecular flexibility index (Phi) is 5.41. The van der Waals surface area contributed by atoms with Crippen molar-refractivity contribution < 1.29 is 9.53 Å². The summed E-state index contributed by atoms with van der Waals surface area (Å²) >= 11 is 6.77. The highest BCUT2D eigenvalue weighted by molar-refractivity contribution is 9.11. The number of benzene rings is 1. The van der Waals surface area contributed by atoms with E-state index < -0.39 is 6.04 Å². The monoisotopic (exact) mass is 392 g/mol. The number of halogens is 2. The van der Waals surface area contributed by atoms with E-state index in [1.54, 1.807) is 13.2 Å². The van der Waals surface area contributed by atoms with Gasteiger partial charge in [0.05, 0.1) is 23.3 Å². The summed E-state index contributed by atoms with van der Waals surface area (Å²) in [5.74, 6) is 0.417. The number of anilines is 1. The second kappa shape index (κ2) is 6.24. The Hall–Kier alpha value is -0.590. The molecule has 1 aromatic rings. The molecule has 6 heteroatoms. The highest BCUT2D eigenvalue weighted by Gasteiger charge is 2.27. The zero-order chi connectivity index (χ0) is 14.8. The molecule has 19 heavy (non-hydrogen) atoms. The third-order valence-electron chi connectivity index (χ3n) is 2.71. The molecule has 1 atom stereocenters. The van der Waals surface area contributed by atoms with Gasteiger partial charge in [0.1, 0.15) is 5.75 Å². The minimum Gasteiger partial charge on any atom is -0.495 e. The standard InChI is InChI=1S/C13H18Br2N2O2/c1-13(2,3)11(16)12(18)17-9-6-10(19-4)8(15)5-7(9)14/h5-6,11H,16H2,1-4H3,(H,17,18)/t11-/m1/s1. The first-order chi connectivity index (χ1) is 8.66. The topological polar surface area (TPSA) is 64.3 Å². The molecule has 0 spiro atoms. The van der Waals surface area contributed by atoms with Gasteiger partial charge in [-0.3, -0.25) is 4.79 Å². The Bertz CT molecular complexity index is 484. The third-order valence-corrected chi connectivity index (χ3v) is 3.99. The van der Waals surface area contributed by atoms with E-state index in [0.717, 1.165) is 8.95 Å². The van der Waals surface area contributed by atoms with Crippen LogP contribution in [0.3, 0.4) is 0 Å². The van der Waals surface area contributed by atoms with Gasteiger partial charge in [-0.2, -0.15) is 0 Å². The molecule has 4 nitrogen and oxygen atoms in total. The Labute approximate surface area is 130 Å². The molecule has 0 radical (unpaired) electrons. The fourth-order valence-electron chi connectivity index (χ4n) is 1.39. The maximum atomic E-state index is 12.1. The lowest BCUT2D eigenvalue weighted by Crippen LogP contribution is -2.45. The van der Waals surface area contributed by atoms with Crippen molar-refractivity contribution in [3.63, 3.8) is 0 Å². The van der Waals surface area contributed by atoms with Crippen LogP contribution in [0.1, 0.15) is 20.8 Å². The summed E-state index contributed by atoms with van der Waals surface area (Å²) in [6.07, 6.45) is 0. The molecule has 0 saturated heterocycles. The largest absolute Gasteiger partial charge is 0.495 e. The average molecular weight is 394 g/mol. The molecule has 0 aliphatic rings.